The molecule has 0 unspecified atom stereocenters. The largest absolute Gasteiger partial charge is 0.497 e. The van der Waals surface area contributed by atoms with Crippen LogP contribution in [-0.4, -0.2) is 26.2 Å². The standard InChI is InChI=1S/C18H21NO4/c1-12(2)23-15-7-5-6-13(10-15)19-18(20)16-9-8-14(21-3)11-17(16)22-4/h5-12H,1-4H3,(H,19,20). The topological polar surface area (TPSA) is 56.8 Å². The Kier molecular flexibility index (Phi) is 5.46. The summed E-state index contributed by atoms with van der Waals surface area (Å²) in [5.41, 5.74) is 1.09. The van der Waals surface area contributed by atoms with Gasteiger partial charge in [0.15, 0.2) is 0 Å². The Bertz CT molecular complexity index is 682. The summed E-state index contributed by atoms with van der Waals surface area (Å²) in [6.07, 6.45) is 0.0719. The number of benzene rings is 2. The fraction of sp³-hybridized carbons (Fsp3) is 0.278. The van der Waals surface area contributed by atoms with E-state index in [1.165, 1.54) is 7.11 Å². The second kappa shape index (κ2) is 7.54. The zero-order chi connectivity index (χ0) is 16.8. The molecule has 5 nitrogen and oxygen atoms in total. The minimum absolute atomic E-state index is 0.0719. The lowest BCUT2D eigenvalue weighted by Crippen LogP contribution is -2.13. The molecule has 1 N–H and O–H groups in total. The summed E-state index contributed by atoms with van der Waals surface area (Å²) in [7, 11) is 3.08. The number of carbonyl (C=O) groups is 1. The number of anilines is 1. The Morgan fingerprint density at radius 3 is 2.43 bits per heavy atom. The summed E-state index contributed by atoms with van der Waals surface area (Å²) in [4.78, 5) is 12.5. The zero-order valence-electron chi connectivity index (χ0n) is 13.8. The third-order valence-electron chi connectivity index (χ3n) is 3.12. The summed E-state index contributed by atoms with van der Waals surface area (Å²) in [6, 6.07) is 12.3. The van der Waals surface area contributed by atoms with Crippen LogP contribution in [0, 0.1) is 0 Å². The van der Waals surface area contributed by atoms with E-state index in [4.69, 9.17) is 14.2 Å². The molecule has 0 radical (unpaired) electrons. The summed E-state index contributed by atoms with van der Waals surface area (Å²) >= 11 is 0. The predicted molar refractivity (Wildman–Crippen MR) is 89.7 cm³/mol. The highest BCUT2D eigenvalue weighted by Crippen LogP contribution is 2.26. The van der Waals surface area contributed by atoms with E-state index in [2.05, 4.69) is 5.32 Å². The highest BCUT2D eigenvalue weighted by atomic mass is 16.5. The van der Waals surface area contributed by atoms with Crippen molar-refractivity contribution in [3.63, 3.8) is 0 Å². The van der Waals surface area contributed by atoms with Gasteiger partial charge in [0.05, 0.1) is 25.9 Å². The Labute approximate surface area is 136 Å². The first kappa shape index (κ1) is 16.7. The molecule has 122 valence electrons. The SMILES string of the molecule is COc1ccc(C(=O)Nc2cccc(OC(C)C)c2)c(OC)c1. The Morgan fingerprint density at radius 2 is 1.78 bits per heavy atom. The van der Waals surface area contributed by atoms with Crippen LogP contribution in [0.3, 0.4) is 0 Å². The number of hydrogen-bond acceptors (Lipinski definition) is 4. The lowest BCUT2D eigenvalue weighted by atomic mass is 10.1. The normalized spacial score (nSPS) is 10.3. The van der Waals surface area contributed by atoms with Crippen molar-refractivity contribution < 1.29 is 19.0 Å². The molecule has 0 aliphatic rings. The minimum Gasteiger partial charge on any atom is -0.497 e. The van der Waals surface area contributed by atoms with Crippen molar-refractivity contribution in [2.45, 2.75) is 20.0 Å². The molecule has 0 atom stereocenters. The minimum atomic E-state index is -0.258. The first-order valence-corrected chi connectivity index (χ1v) is 7.33. The Balaban J connectivity index is 2.19. The van der Waals surface area contributed by atoms with Crippen LogP contribution in [0.2, 0.25) is 0 Å². The van der Waals surface area contributed by atoms with Crippen molar-refractivity contribution in [2.24, 2.45) is 0 Å². The molecule has 0 spiro atoms. The number of amides is 1. The second-order valence-corrected chi connectivity index (χ2v) is 5.21. The predicted octanol–water partition coefficient (Wildman–Crippen LogP) is 3.74. The quantitative estimate of drug-likeness (QED) is 0.882. The highest BCUT2D eigenvalue weighted by Gasteiger charge is 2.14. The van der Waals surface area contributed by atoms with E-state index in [1.54, 1.807) is 37.4 Å². The molecule has 0 aromatic heterocycles. The summed E-state index contributed by atoms with van der Waals surface area (Å²) in [5, 5.41) is 2.84. The first-order chi connectivity index (χ1) is 11.0. The van der Waals surface area contributed by atoms with Gasteiger partial charge in [0.1, 0.15) is 17.2 Å². The molecule has 0 saturated carbocycles. The van der Waals surface area contributed by atoms with E-state index in [1.807, 2.05) is 26.0 Å². The molecular weight excluding hydrogens is 294 g/mol. The molecule has 1 amide bonds. The van der Waals surface area contributed by atoms with Gasteiger partial charge in [-0.15, -0.1) is 0 Å². The van der Waals surface area contributed by atoms with Crippen molar-refractivity contribution in [2.75, 3.05) is 19.5 Å². The summed E-state index contributed by atoms with van der Waals surface area (Å²) < 4.78 is 16.0. The zero-order valence-corrected chi connectivity index (χ0v) is 13.8. The monoisotopic (exact) mass is 315 g/mol. The van der Waals surface area contributed by atoms with Crippen molar-refractivity contribution in [1.82, 2.24) is 0 Å². The van der Waals surface area contributed by atoms with E-state index in [-0.39, 0.29) is 12.0 Å². The van der Waals surface area contributed by atoms with Gasteiger partial charge in [0.2, 0.25) is 0 Å². The maximum atomic E-state index is 12.5. The van der Waals surface area contributed by atoms with Crippen molar-refractivity contribution >= 4 is 11.6 Å². The van der Waals surface area contributed by atoms with Crippen molar-refractivity contribution in [3.8, 4) is 17.2 Å². The third kappa shape index (κ3) is 4.39. The van der Waals surface area contributed by atoms with Gasteiger partial charge in [-0.2, -0.15) is 0 Å². The van der Waals surface area contributed by atoms with Crippen LogP contribution in [0.15, 0.2) is 42.5 Å². The molecule has 0 saturated heterocycles. The van der Waals surface area contributed by atoms with Crippen molar-refractivity contribution in [3.05, 3.63) is 48.0 Å². The second-order valence-electron chi connectivity index (χ2n) is 5.21. The molecule has 2 aromatic carbocycles. The Hall–Kier alpha value is -2.69. The number of carbonyl (C=O) groups excluding carboxylic acids is 1. The van der Waals surface area contributed by atoms with Gasteiger partial charge >= 0.3 is 0 Å². The van der Waals surface area contributed by atoms with Gasteiger partial charge in [-0.25, -0.2) is 0 Å². The van der Waals surface area contributed by atoms with Gasteiger partial charge < -0.3 is 19.5 Å². The average Bonchev–Trinajstić information content (AvgIpc) is 2.53. The lowest BCUT2D eigenvalue weighted by molar-refractivity contribution is 0.102. The first-order valence-electron chi connectivity index (χ1n) is 7.33. The molecule has 0 heterocycles. The van der Waals surface area contributed by atoms with Gasteiger partial charge in [0, 0.05) is 17.8 Å². The van der Waals surface area contributed by atoms with Crippen LogP contribution in [-0.2, 0) is 0 Å². The maximum Gasteiger partial charge on any atom is 0.259 e. The van der Waals surface area contributed by atoms with Crippen LogP contribution < -0.4 is 19.5 Å². The highest BCUT2D eigenvalue weighted by molar-refractivity contribution is 6.06. The van der Waals surface area contributed by atoms with Gasteiger partial charge in [-0.3, -0.25) is 4.79 Å². The van der Waals surface area contributed by atoms with Crippen LogP contribution in [0.25, 0.3) is 0 Å². The van der Waals surface area contributed by atoms with Crippen LogP contribution >= 0.6 is 0 Å². The molecule has 5 heteroatoms. The molecule has 23 heavy (non-hydrogen) atoms. The van der Waals surface area contributed by atoms with E-state index in [0.29, 0.717) is 28.5 Å². The van der Waals surface area contributed by atoms with E-state index < -0.39 is 0 Å². The molecule has 0 fully saturated rings. The summed E-state index contributed by atoms with van der Waals surface area (Å²) in [6.45, 7) is 3.90. The van der Waals surface area contributed by atoms with Crippen LogP contribution in [0.1, 0.15) is 24.2 Å². The molecule has 2 aromatic rings. The molecular formula is C18H21NO4. The number of nitrogens with one attached hydrogen (secondary N) is 1. The summed E-state index contributed by atoms with van der Waals surface area (Å²) in [5.74, 6) is 1.54. The molecule has 0 aliphatic carbocycles. The Morgan fingerprint density at radius 1 is 1.00 bits per heavy atom. The maximum absolute atomic E-state index is 12.5. The number of methoxy groups -OCH3 is 2. The molecule has 2 rings (SSSR count). The number of hydrogen-bond donors (Lipinski definition) is 1. The average molecular weight is 315 g/mol. The van der Waals surface area contributed by atoms with Gasteiger partial charge in [-0.05, 0) is 38.1 Å². The van der Waals surface area contributed by atoms with Gasteiger partial charge in [0.25, 0.3) is 5.91 Å². The van der Waals surface area contributed by atoms with E-state index in [0.717, 1.165) is 0 Å². The molecule has 0 aliphatic heterocycles. The van der Waals surface area contributed by atoms with Crippen LogP contribution in [0.4, 0.5) is 5.69 Å². The molecule has 0 bridgehead atoms. The fourth-order valence-electron chi connectivity index (χ4n) is 2.10. The van der Waals surface area contributed by atoms with Crippen molar-refractivity contribution in [1.29, 1.82) is 0 Å². The van der Waals surface area contributed by atoms with Gasteiger partial charge in [-0.1, -0.05) is 6.07 Å². The number of ether oxygens (including phenoxy) is 3. The van der Waals surface area contributed by atoms with E-state index in [9.17, 15) is 4.79 Å². The third-order valence-corrected chi connectivity index (χ3v) is 3.12. The number of rotatable bonds is 6. The smallest absolute Gasteiger partial charge is 0.259 e. The fourth-order valence-corrected chi connectivity index (χ4v) is 2.10. The van der Waals surface area contributed by atoms with Crippen LogP contribution in [0.5, 0.6) is 17.2 Å². The lowest BCUT2D eigenvalue weighted by Gasteiger charge is -2.13. The van der Waals surface area contributed by atoms with E-state index >= 15 is 0 Å².